The van der Waals surface area contributed by atoms with Crippen LogP contribution in [0.4, 0.5) is 27.6 Å². The predicted molar refractivity (Wildman–Crippen MR) is 97.3 cm³/mol. The van der Waals surface area contributed by atoms with Crippen molar-refractivity contribution in [3.63, 3.8) is 0 Å². The lowest BCUT2D eigenvalue weighted by Crippen LogP contribution is -2.25. The summed E-state index contributed by atoms with van der Waals surface area (Å²) < 4.78 is 78.4. The molecular weight excluding hydrogens is 451 g/mol. The molecule has 0 aliphatic carbocycles. The van der Waals surface area contributed by atoms with E-state index >= 15 is 0 Å². The van der Waals surface area contributed by atoms with Gasteiger partial charge in [0.15, 0.2) is 11.5 Å². The molecule has 1 amide bonds. The van der Waals surface area contributed by atoms with Gasteiger partial charge in [0.1, 0.15) is 5.56 Å². The number of hydrogen-bond donors (Lipinski definition) is 1. The Kier molecular flexibility index (Phi) is 4.80. The summed E-state index contributed by atoms with van der Waals surface area (Å²) in [5, 5.41) is 5.63. The Hall–Kier alpha value is -3.34. The summed E-state index contributed by atoms with van der Waals surface area (Å²) in [6.07, 6.45) is -8.68. The van der Waals surface area contributed by atoms with E-state index < -0.39 is 29.7 Å². The largest absolute Gasteiger partial charge is 0.586 e. The fraction of sp³-hybridized carbons (Fsp3) is 0.158. The van der Waals surface area contributed by atoms with Crippen LogP contribution < -0.4 is 14.8 Å². The van der Waals surface area contributed by atoms with E-state index in [0.29, 0.717) is 11.1 Å². The summed E-state index contributed by atoms with van der Waals surface area (Å²) in [6.45, 7) is 1.21. The third kappa shape index (κ3) is 4.00. The number of nitrogens with one attached hydrogen (secondary N) is 1. The minimum absolute atomic E-state index is 0.103. The maximum Gasteiger partial charge on any atom is 0.586 e. The van der Waals surface area contributed by atoms with E-state index in [4.69, 9.17) is 11.6 Å². The van der Waals surface area contributed by atoms with Crippen molar-refractivity contribution in [3.8, 4) is 22.6 Å². The van der Waals surface area contributed by atoms with Crippen LogP contribution in [-0.2, 0) is 6.18 Å². The monoisotopic (exact) mass is 460 g/mol. The molecule has 31 heavy (non-hydrogen) atoms. The summed E-state index contributed by atoms with van der Waals surface area (Å²) in [4.78, 5) is 12.3. The number of aryl methyl sites for hydroxylation is 1. The van der Waals surface area contributed by atoms with Crippen molar-refractivity contribution in [2.75, 3.05) is 5.32 Å². The highest BCUT2D eigenvalue weighted by Gasteiger charge is 2.44. The van der Waals surface area contributed by atoms with Gasteiger partial charge in [0.25, 0.3) is 11.7 Å². The average Bonchev–Trinajstić information content (AvgIpc) is 3.19. The van der Waals surface area contributed by atoms with Crippen LogP contribution >= 0.6 is 11.6 Å². The maximum absolute atomic E-state index is 13.2. The number of ether oxygens (including phenoxy) is 2. The molecule has 0 radical (unpaired) electrons. The number of carbonyl (C=O) groups is 1. The van der Waals surface area contributed by atoms with Crippen molar-refractivity contribution in [1.82, 2.24) is 5.16 Å². The van der Waals surface area contributed by atoms with Crippen LogP contribution in [0.15, 0.2) is 40.9 Å². The quantitative estimate of drug-likeness (QED) is 0.493. The highest BCUT2D eigenvalue weighted by atomic mass is 35.5. The molecule has 1 N–H and O–H groups in total. The van der Waals surface area contributed by atoms with E-state index in [9.17, 15) is 26.7 Å². The molecule has 1 aliphatic heterocycles. The number of amides is 1. The first-order valence-electron chi connectivity index (χ1n) is 8.49. The maximum atomic E-state index is 13.2. The van der Waals surface area contributed by atoms with Gasteiger partial charge in [-0.25, -0.2) is 0 Å². The number of anilines is 1. The lowest BCUT2D eigenvalue weighted by molar-refractivity contribution is -0.286. The number of rotatable bonds is 3. The van der Waals surface area contributed by atoms with Gasteiger partial charge in [-0.15, -0.1) is 8.78 Å². The molecule has 0 saturated heterocycles. The third-order valence-electron chi connectivity index (χ3n) is 4.29. The Bertz CT molecular complexity index is 1180. The Morgan fingerprint density at radius 3 is 2.32 bits per heavy atom. The van der Waals surface area contributed by atoms with Gasteiger partial charge in [-0.3, -0.25) is 4.79 Å². The number of carbonyl (C=O) groups excluding carboxylic acids is 1. The molecule has 0 spiro atoms. The summed E-state index contributed by atoms with van der Waals surface area (Å²) >= 11 is 6.13. The number of halogens is 6. The van der Waals surface area contributed by atoms with E-state index in [2.05, 4.69) is 24.5 Å². The second-order valence-electron chi connectivity index (χ2n) is 6.45. The minimum atomic E-state index is -4.88. The Balaban J connectivity index is 1.57. The zero-order valence-electron chi connectivity index (χ0n) is 15.3. The van der Waals surface area contributed by atoms with Crippen LogP contribution in [0.3, 0.4) is 0 Å². The van der Waals surface area contributed by atoms with Crippen molar-refractivity contribution in [2.24, 2.45) is 0 Å². The molecule has 2 heterocycles. The van der Waals surface area contributed by atoms with Gasteiger partial charge in [0.2, 0.25) is 0 Å². The number of aromatic nitrogens is 1. The van der Waals surface area contributed by atoms with Crippen molar-refractivity contribution in [2.45, 2.75) is 19.4 Å². The molecule has 1 aromatic heterocycles. The predicted octanol–water partition coefficient (Wildman–Crippen LogP) is 5.90. The molecule has 0 bridgehead atoms. The number of hydrogen-bond acceptors (Lipinski definition) is 5. The molecule has 1 aliphatic rings. The van der Waals surface area contributed by atoms with Crippen molar-refractivity contribution in [1.29, 1.82) is 0 Å². The summed E-state index contributed by atoms with van der Waals surface area (Å²) in [5.41, 5.74) is 0.0446. The number of nitrogens with zero attached hydrogens (tertiary/aromatic N) is 1. The molecule has 162 valence electrons. The van der Waals surface area contributed by atoms with Gasteiger partial charge in [0, 0.05) is 17.3 Å². The molecular formula is C19H10ClF5N2O4. The fourth-order valence-corrected chi connectivity index (χ4v) is 3.21. The van der Waals surface area contributed by atoms with Crippen LogP contribution in [0.2, 0.25) is 5.02 Å². The van der Waals surface area contributed by atoms with Gasteiger partial charge in [0.05, 0.1) is 10.7 Å². The zero-order valence-corrected chi connectivity index (χ0v) is 16.1. The normalized spacial score (nSPS) is 14.5. The molecule has 0 fully saturated rings. The van der Waals surface area contributed by atoms with Crippen LogP contribution in [0.25, 0.3) is 11.1 Å². The molecule has 12 heteroatoms. The number of benzene rings is 2. The molecule has 2 aromatic carbocycles. The van der Waals surface area contributed by atoms with Gasteiger partial charge in [-0.1, -0.05) is 28.9 Å². The van der Waals surface area contributed by atoms with Crippen LogP contribution in [0.1, 0.15) is 21.8 Å². The topological polar surface area (TPSA) is 73.6 Å². The second kappa shape index (κ2) is 7.12. The SMILES string of the molecule is Cc1noc(C(F)(F)F)c1C(=O)Nc1ccc(-c2cc3c(cc2Cl)OC(F)(F)O3)cc1. The van der Waals surface area contributed by atoms with Gasteiger partial charge in [-0.05, 0) is 30.7 Å². The Morgan fingerprint density at radius 1 is 1.10 bits per heavy atom. The van der Waals surface area contributed by atoms with Crippen molar-refractivity contribution < 1.29 is 40.7 Å². The Labute approximate surface area is 175 Å². The van der Waals surface area contributed by atoms with Crippen molar-refractivity contribution in [3.05, 3.63) is 58.4 Å². The van der Waals surface area contributed by atoms with E-state index in [0.717, 1.165) is 0 Å². The Morgan fingerprint density at radius 2 is 1.71 bits per heavy atom. The summed E-state index contributed by atoms with van der Waals surface area (Å²) in [7, 11) is 0. The smallest absolute Gasteiger partial charge is 0.395 e. The van der Waals surface area contributed by atoms with Gasteiger partial charge >= 0.3 is 12.5 Å². The molecule has 0 saturated carbocycles. The molecule has 6 nitrogen and oxygen atoms in total. The van der Waals surface area contributed by atoms with E-state index in [1.165, 1.54) is 43.3 Å². The third-order valence-corrected chi connectivity index (χ3v) is 4.60. The average molecular weight is 461 g/mol. The number of alkyl halides is 5. The second-order valence-corrected chi connectivity index (χ2v) is 6.85. The van der Waals surface area contributed by atoms with E-state index in [1.807, 2.05) is 0 Å². The lowest BCUT2D eigenvalue weighted by atomic mass is 10.0. The summed E-state index contributed by atoms with van der Waals surface area (Å²) in [5.74, 6) is -2.97. The number of fused-ring (bicyclic) bond motifs is 1. The van der Waals surface area contributed by atoms with Gasteiger partial charge in [-0.2, -0.15) is 13.2 Å². The molecule has 3 aromatic rings. The highest BCUT2D eigenvalue weighted by molar-refractivity contribution is 6.33. The van der Waals surface area contributed by atoms with E-state index in [1.54, 1.807) is 0 Å². The standard InChI is InChI=1S/C19H10ClF5N2O4/c1-8-15(16(31-27-8)18(21,22)23)17(28)26-10-4-2-9(3-5-10)11-6-13-14(7-12(11)20)30-19(24,25)29-13/h2-7H,1H3,(H,26,28). The minimum Gasteiger partial charge on any atom is -0.395 e. The van der Waals surface area contributed by atoms with Gasteiger partial charge < -0.3 is 19.3 Å². The van der Waals surface area contributed by atoms with E-state index in [-0.39, 0.29) is 27.9 Å². The van der Waals surface area contributed by atoms with Crippen molar-refractivity contribution >= 4 is 23.2 Å². The summed E-state index contributed by atoms with van der Waals surface area (Å²) in [6, 6.07) is 8.22. The molecule has 0 unspecified atom stereocenters. The molecule has 4 rings (SSSR count). The lowest BCUT2D eigenvalue weighted by Gasteiger charge is -2.09. The fourth-order valence-electron chi connectivity index (χ4n) is 2.95. The van der Waals surface area contributed by atoms with Crippen LogP contribution in [0, 0.1) is 6.92 Å². The molecule has 0 atom stereocenters. The first-order valence-corrected chi connectivity index (χ1v) is 8.87. The first kappa shape index (κ1) is 20.9. The van der Waals surface area contributed by atoms with Crippen LogP contribution in [0.5, 0.6) is 11.5 Å². The van der Waals surface area contributed by atoms with Crippen LogP contribution in [-0.4, -0.2) is 17.4 Å². The zero-order chi connectivity index (χ0) is 22.6. The first-order chi connectivity index (χ1) is 14.4. The highest BCUT2D eigenvalue weighted by Crippen LogP contribution is 2.46.